The van der Waals surface area contributed by atoms with Crippen LogP contribution in [0.2, 0.25) is 10.0 Å². The molecule has 0 atom stereocenters. The van der Waals surface area contributed by atoms with Crippen molar-refractivity contribution in [2.24, 2.45) is 0 Å². The summed E-state index contributed by atoms with van der Waals surface area (Å²) < 4.78 is 26.9. The second-order valence-electron chi connectivity index (χ2n) is 5.04. The number of H-pyrrole nitrogens is 1. The number of sulfonamides is 1. The average molecular weight is 391 g/mol. The van der Waals surface area contributed by atoms with E-state index in [9.17, 15) is 13.2 Å². The molecule has 0 unspecified atom stereocenters. The molecule has 1 heterocycles. The summed E-state index contributed by atoms with van der Waals surface area (Å²) in [6.45, 7) is 3.34. The van der Waals surface area contributed by atoms with Gasteiger partial charge in [-0.2, -0.15) is 5.10 Å². The molecule has 0 aliphatic rings. The lowest BCUT2D eigenvalue weighted by molar-refractivity contribution is 0.0954. The van der Waals surface area contributed by atoms with Crippen LogP contribution >= 0.6 is 23.2 Å². The number of hydrogen-bond acceptors (Lipinski definition) is 4. The minimum Gasteiger partial charge on any atom is -0.351 e. The zero-order valence-corrected chi connectivity index (χ0v) is 15.3. The lowest BCUT2D eigenvalue weighted by atomic mass is 10.2. The van der Waals surface area contributed by atoms with Gasteiger partial charge in [-0.15, -0.1) is 0 Å². The SMILES string of the molecule is Cc1n[nH]c(C)c1S(=O)(=O)NCCNC(=O)c1cc(Cl)ccc1Cl. The molecule has 0 saturated carbocycles. The van der Waals surface area contributed by atoms with Crippen molar-refractivity contribution in [1.82, 2.24) is 20.2 Å². The van der Waals surface area contributed by atoms with Gasteiger partial charge in [0.15, 0.2) is 0 Å². The van der Waals surface area contributed by atoms with E-state index in [4.69, 9.17) is 23.2 Å². The molecule has 1 aromatic heterocycles. The third kappa shape index (κ3) is 4.27. The maximum Gasteiger partial charge on any atom is 0.252 e. The van der Waals surface area contributed by atoms with Gasteiger partial charge in [0.2, 0.25) is 10.0 Å². The first-order chi connectivity index (χ1) is 11.2. The Kier molecular flexibility index (Phi) is 5.87. The molecular formula is C14H16Cl2N4O3S. The Hall–Kier alpha value is -1.61. The maximum absolute atomic E-state index is 12.2. The van der Waals surface area contributed by atoms with E-state index in [1.807, 2.05) is 0 Å². The summed E-state index contributed by atoms with van der Waals surface area (Å²) in [5.41, 5.74) is 1.07. The molecule has 2 rings (SSSR count). The maximum atomic E-state index is 12.2. The largest absolute Gasteiger partial charge is 0.351 e. The second kappa shape index (κ2) is 7.52. The predicted octanol–water partition coefficient (Wildman–Crippen LogP) is 2.04. The number of aryl methyl sites for hydroxylation is 2. The summed E-state index contributed by atoms with van der Waals surface area (Å²) in [6, 6.07) is 4.54. The molecule has 3 N–H and O–H groups in total. The molecule has 0 aliphatic heterocycles. The van der Waals surface area contributed by atoms with Crippen molar-refractivity contribution in [2.75, 3.05) is 13.1 Å². The monoisotopic (exact) mass is 390 g/mol. The van der Waals surface area contributed by atoms with E-state index in [1.54, 1.807) is 19.9 Å². The van der Waals surface area contributed by atoms with Gasteiger partial charge in [-0.05, 0) is 32.0 Å². The molecule has 2 aromatic rings. The summed E-state index contributed by atoms with van der Waals surface area (Å²) in [5.74, 6) is -0.433. The van der Waals surface area contributed by atoms with Crippen molar-refractivity contribution in [3.8, 4) is 0 Å². The molecule has 0 aliphatic carbocycles. The van der Waals surface area contributed by atoms with E-state index in [2.05, 4.69) is 20.2 Å². The molecule has 0 spiro atoms. The highest BCUT2D eigenvalue weighted by Gasteiger charge is 2.21. The quantitative estimate of drug-likeness (QED) is 0.656. The number of hydrogen-bond donors (Lipinski definition) is 3. The van der Waals surface area contributed by atoms with Crippen molar-refractivity contribution in [2.45, 2.75) is 18.7 Å². The lowest BCUT2D eigenvalue weighted by Crippen LogP contribution is -2.35. The van der Waals surface area contributed by atoms with Crippen LogP contribution < -0.4 is 10.0 Å². The normalized spacial score (nSPS) is 11.5. The van der Waals surface area contributed by atoms with Crippen LogP contribution in [-0.2, 0) is 10.0 Å². The zero-order valence-electron chi connectivity index (χ0n) is 13.0. The first-order valence-corrected chi connectivity index (χ1v) is 9.21. The highest BCUT2D eigenvalue weighted by atomic mass is 35.5. The summed E-state index contributed by atoms with van der Waals surface area (Å²) in [6.07, 6.45) is 0. The van der Waals surface area contributed by atoms with Crippen LogP contribution in [0.15, 0.2) is 23.1 Å². The van der Waals surface area contributed by atoms with Gasteiger partial charge in [0.25, 0.3) is 5.91 Å². The molecule has 1 aromatic carbocycles. The van der Waals surface area contributed by atoms with Crippen LogP contribution in [0.4, 0.5) is 0 Å². The minimum atomic E-state index is -3.70. The smallest absolute Gasteiger partial charge is 0.252 e. The Morgan fingerprint density at radius 3 is 2.58 bits per heavy atom. The summed E-state index contributed by atoms with van der Waals surface area (Å²) in [4.78, 5) is 12.2. The number of nitrogens with zero attached hydrogens (tertiary/aromatic N) is 1. The molecule has 130 valence electrons. The molecule has 10 heteroatoms. The summed E-state index contributed by atoms with van der Waals surface area (Å²) >= 11 is 11.8. The Morgan fingerprint density at radius 2 is 1.96 bits per heavy atom. The number of benzene rings is 1. The van der Waals surface area contributed by atoms with E-state index in [0.29, 0.717) is 16.4 Å². The Bertz CT molecular complexity index is 845. The number of halogens is 2. The van der Waals surface area contributed by atoms with E-state index in [0.717, 1.165) is 0 Å². The molecule has 0 bridgehead atoms. The zero-order chi connectivity index (χ0) is 17.9. The van der Waals surface area contributed by atoms with E-state index in [-0.39, 0.29) is 28.6 Å². The number of nitrogens with one attached hydrogen (secondary N) is 3. The highest BCUT2D eigenvalue weighted by molar-refractivity contribution is 7.89. The molecule has 7 nitrogen and oxygen atoms in total. The van der Waals surface area contributed by atoms with E-state index < -0.39 is 15.9 Å². The van der Waals surface area contributed by atoms with Gasteiger partial charge < -0.3 is 5.32 Å². The van der Waals surface area contributed by atoms with Gasteiger partial charge in [-0.25, -0.2) is 13.1 Å². The third-order valence-electron chi connectivity index (χ3n) is 3.20. The topological polar surface area (TPSA) is 104 Å². The Morgan fingerprint density at radius 1 is 1.25 bits per heavy atom. The average Bonchev–Trinajstić information content (AvgIpc) is 2.85. The molecular weight excluding hydrogens is 375 g/mol. The van der Waals surface area contributed by atoms with Crippen molar-refractivity contribution in [3.05, 3.63) is 45.2 Å². The first-order valence-electron chi connectivity index (χ1n) is 6.97. The number of amides is 1. The third-order valence-corrected chi connectivity index (χ3v) is 5.49. The van der Waals surface area contributed by atoms with Gasteiger partial charge in [0, 0.05) is 18.1 Å². The fourth-order valence-corrected chi connectivity index (χ4v) is 3.91. The van der Waals surface area contributed by atoms with Crippen LogP contribution in [0, 0.1) is 13.8 Å². The number of aromatic nitrogens is 2. The fraction of sp³-hybridized carbons (Fsp3) is 0.286. The Balaban J connectivity index is 1.93. The van der Waals surface area contributed by atoms with Crippen LogP contribution in [0.25, 0.3) is 0 Å². The van der Waals surface area contributed by atoms with Crippen molar-refractivity contribution < 1.29 is 13.2 Å². The van der Waals surface area contributed by atoms with Crippen molar-refractivity contribution in [1.29, 1.82) is 0 Å². The Labute approximate surface area is 149 Å². The standard InChI is InChI=1S/C14H16Cl2N4O3S/c1-8-13(9(2)20-19-8)24(22,23)18-6-5-17-14(21)11-7-10(15)3-4-12(11)16/h3-4,7,18H,5-6H2,1-2H3,(H,17,21)(H,19,20). The number of carbonyl (C=O) groups excluding carboxylic acids is 1. The van der Waals surface area contributed by atoms with Crippen LogP contribution in [0.5, 0.6) is 0 Å². The molecule has 0 saturated heterocycles. The molecule has 24 heavy (non-hydrogen) atoms. The van der Waals surface area contributed by atoms with Crippen LogP contribution in [-0.4, -0.2) is 37.6 Å². The molecule has 0 radical (unpaired) electrons. The van der Waals surface area contributed by atoms with Crippen molar-refractivity contribution >= 4 is 39.1 Å². The second-order valence-corrected chi connectivity index (χ2v) is 7.59. The predicted molar refractivity (Wildman–Crippen MR) is 92.0 cm³/mol. The van der Waals surface area contributed by atoms with E-state index >= 15 is 0 Å². The lowest BCUT2D eigenvalue weighted by Gasteiger charge is -2.09. The van der Waals surface area contributed by atoms with Crippen LogP contribution in [0.3, 0.4) is 0 Å². The van der Waals surface area contributed by atoms with Gasteiger partial charge in [-0.1, -0.05) is 23.2 Å². The number of rotatable bonds is 6. The molecule has 0 fully saturated rings. The summed E-state index contributed by atoms with van der Waals surface area (Å²) in [7, 11) is -3.70. The van der Waals surface area contributed by atoms with Crippen molar-refractivity contribution in [3.63, 3.8) is 0 Å². The van der Waals surface area contributed by atoms with Gasteiger partial charge in [0.1, 0.15) is 4.90 Å². The molecule has 1 amide bonds. The number of carbonyl (C=O) groups is 1. The fourth-order valence-electron chi connectivity index (χ4n) is 2.14. The van der Waals surface area contributed by atoms with E-state index in [1.165, 1.54) is 12.1 Å². The van der Waals surface area contributed by atoms with Crippen LogP contribution in [0.1, 0.15) is 21.7 Å². The highest BCUT2D eigenvalue weighted by Crippen LogP contribution is 2.20. The van der Waals surface area contributed by atoms with Gasteiger partial charge in [-0.3, -0.25) is 9.89 Å². The van der Waals surface area contributed by atoms with Gasteiger partial charge >= 0.3 is 0 Å². The van der Waals surface area contributed by atoms with Gasteiger partial charge in [0.05, 0.1) is 22.0 Å². The minimum absolute atomic E-state index is 0.0241. The first kappa shape index (κ1) is 18.7. The number of aromatic amines is 1. The summed E-state index contributed by atoms with van der Waals surface area (Å²) in [5, 5.41) is 9.71.